The molecule has 0 bridgehead atoms. The van der Waals surface area contributed by atoms with Gasteiger partial charge in [-0.25, -0.2) is 4.39 Å². The smallest absolute Gasteiger partial charge is 0.306 e. The maximum atomic E-state index is 13.3. The first kappa shape index (κ1) is 10.1. The number of carboxylic acid groups (broad SMARTS) is 1. The van der Waals surface area contributed by atoms with Crippen LogP contribution in [-0.4, -0.2) is 16.2 Å². The van der Waals surface area contributed by atoms with E-state index >= 15 is 0 Å². The number of carboxylic acids is 1. The first-order valence-electron chi connectivity index (χ1n) is 4.73. The lowest BCUT2D eigenvalue weighted by molar-refractivity contribution is -0.159. The van der Waals surface area contributed by atoms with Crippen LogP contribution in [-0.2, 0) is 10.4 Å². The van der Waals surface area contributed by atoms with Crippen molar-refractivity contribution in [1.82, 2.24) is 0 Å². The molecule has 1 aromatic carbocycles. The lowest BCUT2D eigenvalue weighted by atomic mass is 9.67. The van der Waals surface area contributed by atoms with Crippen LogP contribution < -0.4 is 0 Å². The van der Waals surface area contributed by atoms with Crippen molar-refractivity contribution in [3.63, 3.8) is 0 Å². The molecule has 3 nitrogen and oxygen atoms in total. The average molecular weight is 210 g/mol. The lowest BCUT2D eigenvalue weighted by Crippen LogP contribution is -2.45. The molecule has 0 spiro atoms. The highest BCUT2D eigenvalue weighted by Crippen LogP contribution is 2.46. The van der Waals surface area contributed by atoms with Gasteiger partial charge in [0.25, 0.3) is 0 Å². The van der Waals surface area contributed by atoms with Crippen LogP contribution in [0.5, 0.6) is 0 Å². The molecule has 0 atom stereocenters. The van der Waals surface area contributed by atoms with E-state index in [2.05, 4.69) is 0 Å². The SMILES string of the molecule is O=C(O)C1CC(O)(c2ccccc2F)C1. The second kappa shape index (κ2) is 3.31. The zero-order chi connectivity index (χ0) is 11.1. The van der Waals surface area contributed by atoms with Gasteiger partial charge < -0.3 is 10.2 Å². The third-order valence-electron chi connectivity index (χ3n) is 2.89. The van der Waals surface area contributed by atoms with Gasteiger partial charge in [-0.15, -0.1) is 0 Å². The average Bonchev–Trinajstić information content (AvgIpc) is 2.13. The van der Waals surface area contributed by atoms with E-state index in [1.54, 1.807) is 6.07 Å². The first-order chi connectivity index (χ1) is 7.03. The van der Waals surface area contributed by atoms with Crippen molar-refractivity contribution in [2.24, 2.45) is 5.92 Å². The third kappa shape index (κ3) is 1.61. The summed E-state index contributed by atoms with van der Waals surface area (Å²) < 4.78 is 13.3. The van der Waals surface area contributed by atoms with E-state index < -0.39 is 23.3 Å². The van der Waals surface area contributed by atoms with Gasteiger partial charge in [-0.1, -0.05) is 18.2 Å². The van der Waals surface area contributed by atoms with Gasteiger partial charge in [-0.2, -0.15) is 0 Å². The minimum atomic E-state index is -1.30. The minimum Gasteiger partial charge on any atom is -0.481 e. The van der Waals surface area contributed by atoms with Crippen molar-refractivity contribution in [1.29, 1.82) is 0 Å². The zero-order valence-electron chi connectivity index (χ0n) is 7.98. The fourth-order valence-corrected chi connectivity index (χ4v) is 1.99. The molecule has 0 saturated heterocycles. The fourth-order valence-electron chi connectivity index (χ4n) is 1.99. The molecule has 1 aliphatic rings. The summed E-state index contributed by atoms with van der Waals surface area (Å²) in [6, 6.07) is 5.93. The highest BCUT2D eigenvalue weighted by Gasteiger charge is 2.48. The standard InChI is InChI=1S/C11H11FO3/c12-9-4-2-1-3-8(9)11(15)5-7(6-11)10(13)14/h1-4,7,15H,5-6H2,(H,13,14). The summed E-state index contributed by atoms with van der Waals surface area (Å²) >= 11 is 0. The monoisotopic (exact) mass is 210 g/mol. The molecule has 1 aliphatic carbocycles. The molecule has 4 heteroatoms. The minimum absolute atomic E-state index is 0.0866. The molecule has 0 heterocycles. The van der Waals surface area contributed by atoms with Gasteiger partial charge in [-0.05, 0) is 18.9 Å². The Morgan fingerprint density at radius 2 is 2.00 bits per heavy atom. The van der Waals surface area contributed by atoms with E-state index in [1.807, 2.05) is 0 Å². The second-order valence-corrected chi connectivity index (χ2v) is 3.95. The van der Waals surface area contributed by atoms with Crippen LogP contribution in [0, 0.1) is 11.7 Å². The fraction of sp³-hybridized carbons (Fsp3) is 0.364. The summed E-state index contributed by atoms with van der Waals surface area (Å²) in [6.45, 7) is 0. The van der Waals surface area contributed by atoms with E-state index in [9.17, 15) is 14.3 Å². The largest absolute Gasteiger partial charge is 0.481 e. The van der Waals surface area contributed by atoms with Crippen LogP contribution in [0.2, 0.25) is 0 Å². The Hall–Kier alpha value is -1.42. The Morgan fingerprint density at radius 1 is 1.40 bits per heavy atom. The Bertz CT molecular complexity index is 397. The maximum Gasteiger partial charge on any atom is 0.306 e. The molecule has 0 amide bonds. The van der Waals surface area contributed by atoms with Gasteiger partial charge in [0, 0.05) is 5.56 Å². The number of aliphatic carboxylic acids is 1. The molecule has 15 heavy (non-hydrogen) atoms. The van der Waals surface area contributed by atoms with E-state index in [-0.39, 0.29) is 18.4 Å². The normalized spacial score (nSPS) is 29.6. The lowest BCUT2D eigenvalue weighted by Gasteiger charge is -2.41. The first-order valence-corrected chi connectivity index (χ1v) is 4.73. The second-order valence-electron chi connectivity index (χ2n) is 3.95. The summed E-state index contributed by atoms with van der Waals surface area (Å²) in [5.41, 5.74) is -1.10. The number of hydrogen-bond acceptors (Lipinski definition) is 2. The molecule has 80 valence electrons. The molecule has 0 aliphatic heterocycles. The van der Waals surface area contributed by atoms with Crippen LogP contribution in [0.1, 0.15) is 18.4 Å². The van der Waals surface area contributed by atoms with Gasteiger partial charge in [0.2, 0.25) is 0 Å². The van der Waals surface area contributed by atoms with Crippen LogP contribution in [0.4, 0.5) is 4.39 Å². The number of rotatable bonds is 2. The molecule has 1 saturated carbocycles. The summed E-state index contributed by atoms with van der Waals surface area (Å²) in [6.07, 6.45) is 0.173. The summed E-state index contributed by atoms with van der Waals surface area (Å²) in [5, 5.41) is 18.7. The molecule has 1 fully saturated rings. The molecule has 0 unspecified atom stereocenters. The Labute approximate surface area is 86.2 Å². The summed E-state index contributed by atoms with van der Waals surface area (Å²) in [4.78, 5) is 10.6. The van der Waals surface area contributed by atoms with Gasteiger partial charge in [0.15, 0.2) is 0 Å². The molecule has 2 rings (SSSR count). The van der Waals surface area contributed by atoms with Gasteiger partial charge in [0.1, 0.15) is 5.82 Å². The van der Waals surface area contributed by atoms with Gasteiger partial charge in [-0.3, -0.25) is 4.79 Å². The predicted octanol–water partition coefficient (Wildman–Crippen LogP) is 1.51. The molecule has 1 aromatic rings. The number of benzene rings is 1. The van der Waals surface area contributed by atoms with E-state index in [1.165, 1.54) is 18.2 Å². The van der Waals surface area contributed by atoms with Crippen LogP contribution in [0.15, 0.2) is 24.3 Å². The van der Waals surface area contributed by atoms with Crippen molar-refractivity contribution in [3.05, 3.63) is 35.6 Å². The van der Waals surface area contributed by atoms with Crippen LogP contribution in [0.25, 0.3) is 0 Å². The topological polar surface area (TPSA) is 57.5 Å². The highest BCUT2D eigenvalue weighted by molar-refractivity contribution is 5.71. The number of carbonyl (C=O) groups is 1. The van der Waals surface area contributed by atoms with Gasteiger partial charge >= 0.3 is 5.97 Å². The van der Waals surface area contributed by atoms with Crippen molar-refractivity contribution < 1.29 is 19.4 Å². The van der Waals surface area contributed by atoms with Crippen LogP contribution >= 0.6 is 0 Å². The summed E-state index contributed by atoms with van der Waals surface area (Å²) in [7, 11) is 0. The van der Waals surface area contributed by atoms with Crippen molar-refractivity contribution in [2.45, 2.75) is 18.4 Å². The predicted molar refractivity (Wildman–Crippen MR) is 50.7 cm³/mol. The number of hydrogen-bond donors (Lipinski definition) is 2. The van der Waals surface area contributed by atoms with E-state index in [0.717, 1.165) is 0 Å². The van der Waals surface area contributed by atoms with Gasteiger partial charge in [0.05, 0.1) is 11.5 Å². The number of aliphatic hydroxyl groups is 1. The molecular formula is C11H11FO3. The maximum absolute atomic E-state index is 13.3. The molecular weight excluding hydrogens is 199 g/mol. The van der Waals surface area contributed by atoms with Crippen molar-refractivity contribution >= 4 is 5.97 Å². The Morgan fingerprint density at radius 3 is 2.53 bits per heavy atom. The molecule has 2 N–H and O–H groups in total. The van der Waals surface area contributed by atoms with E-state index in [4.69, 9.17) is 5.11 Å². The quantitative estimate of drug-likeness (QED) is 0.777. The van der Waals surface area contributed by atoms with Crippen molar-refractivity contribution in [2.75, 3.05) is 0 Å². The third-order valence-corrected chi connectivity index (χ3v) is 2.89. The Balaban J connectivity index is 2.20. The van der Waals surface area contributed by atoms with E-state index in [0.29, 0.717) is 0 Å². The van der Waals surface area contributed by atoms with Crippen LogP contribution in [0.3, 0.4) is 0 Å². The van der Waals surface area contributed by atoms with Crippen molar-refractivity contribution in [3.8, 4) is 0 Å². The number of halogens is 1. The molecule has 0 radical (unpaired) electrons. The molecule has 0 aromatic heterocycles. The highest BCUT2D eigenvalue weighted by atomic mass is 19.1. The summed E-state index contributed by atoms with van der Waals surface area (Å²) in [5.74, 6) is -1.98. The zero-order valence-corrected chi connectivity index (χ0v) is 7.98. The Kier molecular flexibility index (Phi) is 2.23.